The summed E-state index contributed by atoms with van der Waals surface area (Å²) in [4.78, 5) is 7.21. The number of anilines is 2. The van der Waals surface area contributed by atoms with Crippen molar-refractivity contribution in [2.24, 2.45) is 0 Å². The van der Waals surface area contributed by atoms with E-state index in [4.69, 9.17) is 0 Å². The first-order valence-electron chi connectivity index (χ1n) is 17.2. The second-order valence-corrected chi connectivity index (χ2v) is 14.5. The van der Waals surface area contributed by atoms with E-state index in [1.54, 1.807) is 0 Å². The Balaban J connectivity index is 0.00000705. The molecule has 0 atom stereocenters. The van der Waals surface area contributed by atoms with Crippen LogP contribution in [0.1, 0.15) is 158 Å². The molecule has 3 rings (SSSR count). The summed E-state index contributed by atoms with van der Waals surface area (Å²) in [5, 5.41) is 7.83. The number of halogens is 2. The predicted octanol–water partition coefficient (Wildman–Crippen LogP) is 4.85. The van der Waals surface area contributed by atoms with E-state index in [2.05, 4.69) is 140 Å². The summed E-state index contributed by atoms with van der Waals surface area (Å²) >= 11 is 0. The standard InChI is InChI=1S/C40H62N4.2ClH.Co/c1-26(2)32-21-35(28(5)6)39(36(22-32)29(7)8)42-17-19-44(25-34-15-13-14-16-41-34)20-18-43-40-37(30(9)10)23-33(27(3)4)24-38(40)31(11)12;;;/h13-16,21-24,26-31,42-43H,17-20,25H2,1-12H3;2*1H;/q;;;+2/p-2. The number of rotatable bonds is 16. The zero-order valence-electron chi connectivity index (χ0n) is 31.1. The molecule has 7 heteroatoms. The Morgan fingerprint density at radius 1 is 0.553 bits per heavy atom. The van der Waals surface area contributed by atoms with Crippen LogP contribution in [-0.2, 0) is 23.3 Å². The van der Waals surface area contributed by atoms with Gasteiger partial charge in [0.15, 0.2) is 0 Å². The van der Waals surface area contributed by atoms with Crippen molar-refractivity contribution < 1.29 is 41.6 Å². The van der Waals surface area contributed by atoms with E-state index in [1.165, 1.54) is 44.8 Å². The molecular formula is C40H62Cl2CoN4. The van der Waals surface area contributed by atoms with Crippen LogP contribution in [0.4, 0.5) is 11.4 Å². The molecule has 1 radical (unpaired) electrons. The fraction of sp³-hybridized carbons (Fsp3) is 0.575. The van der Waals surface area contributed by atoms with E-state index in [0.29, 0.717) is 35.5 Å². The Morgan fingerprint density at radius 3 is 1.19 bits per heavy atom. The van der Waals surface area contributed by atoms with Gasteiger partial charge in [-0.05, 0) is 81.0 Å². The number of hydrogen-bond acceptors (Lipinski definition) is 4. The van der Waals surface area contributed by atoms with Crippen molar-refractivity contribution in [1.29, 1.82) is 0 Å². The van der Waals surface area contributed by atoms with E-state index in [0.717, 1.165) is 38.4 Å². The summed E-state index contributed by atoms with van der Waals surface area (Å²) in [5.41, 5.74) is 12.4. The number of nitrogens with zero attached hydrogens (tertiary/aromatic N) is 2. The minimum absolute atomic E-state index is 0. The van der Waals surface area contributed by atoms with Gasteiger partial charge in [0.05, 0.1) is 5.69 Å². The summed E-state index contributed by atoms with van der Waals surface area (Å²) in [6.07, 6.45) is 1.91. The zero-order valence-corrected chi connectivity index (χ0v) is 33.7. The van der Waals surface area contributed by atoms with Gasteiger partial charge in [-0.3, -0.25) is 9.88 Å². The number of hydrogen-bond donors (Lipinski definition) is 2. The molecule has 2 aromatic carbocycles. The van der Waals surface area contributed by atoms with Crippen LogP contribution in [-0.4, -0.2) is 36.1 Å². The third-order valence-corrected chi connectivity index (χ3v) is 8.84. The second kappa shape index (κ2) is 21.3. The molecule has 3 aromatic rings. The predicted molar refractivity (Wildman–Crippen MR) is 194 cm³/mol. The van der Waals surface area contributed by atoms with Gasteiger partial charge in [0, 0.05) is 50.3 Å². The molecule has 47 heavy (non-hydrogen) atoms. The van der Waals surface area contributed by atoms with Gasteiger partial charge in [0.1, 0.15) is 0 Å². The molecule has 0 fully saturated rings. The molecule has 0 unspecified atom stereocenters. The number of pyridine rings is 1. The molecule has 2 N–H and O–H groups in total. The number of benzene rings is 2. The Kier molecular flexibility index (Phi) is 20.5. The minimum atomic E-state index is 0. The molecule has 265 valence electrons. The van der Waals surface area contributed by atoms with E-state index in [9.17, 15) is 0 Å². The van der Waals surface area contributed by atoms with Crippen molar-refractivity contribution >= 4 is 11.4 Å². The maximum Gasteiger partial charge on any atom is 2.00 e. The van der Waals surface area contributed by atoms with Crippen molar-refractivity contribution in [3.8, 4) is 0 Å². The molecule has 1 aromatic heterocycles. The third-order valence-electron chi connectivity index (χ3n) is 8.84. The van der Waals surface area contributed by atoms with Crippen LogP contribution in [0.3, 0.4) is 0 Å². The first-order chi connectivity index (χ1) is 20.8. The monoisotopic (exact) mass is 727 g/mol. The topological polar surface area (TPSA) is 40.2 Å². The molecule has 0 aliphatic rings. The summed E-state index contributed by atoms with van der Waals surface area (Å²) in [5.74, 6) is 2.92. The smallest absolute Gasteiger partial charge is 1.00 e. The summed E-state index contributed by atoms with van der Waals surface area (Å²) in [7, 11) is 0. The van der Waals surface area contributed by atoms with Crippen LogP contribution in [0.5, 0.6) is 0 Å². The molecule has 1 heterocycles. The van der Waals surface area contributed by atoms with Crippen LogP contribution in [0, 0.1) is 0 Å². The molecule has 0 bridgehead atoms. The average Bonchev–Trinajstić information content (AvgIpc) is 2.96. The van der Waals surface area contributed by atoms with Gasteiger partial charge in [-0.1, -0.05) is 113 Å². The van der Waals surface area contributed by atoms with Crippen LogP contribution in [0.25, 0.3) is 0 Å². The maximum atomic E-state index is 4.67. The van der Waals surface area contributed by atoms with E-state index in [1.807, 2.05) is 12.3 Å². The normalized spacial score (nSPS) is 11.4. The Morgan fingerprint density at radius 2 is 0.915 bits per heavy atom. The minimum Gasteiger partial charge on any atom is -1.00 e. The van der Waals surface area contributed by atoms with Gasteiger partial charge in [-0.2, -0.15) is 0 Å². The number of aromatic nitrogens is 1. The molecule has 0 aliphatic heterocycles. The molecular weight excluding hydrogens is 666 g/mol. The molecule has 0 spiro atoms. The average molecular weight is 729 g/mol. The van der Waals surface area contributed by atoms with Crippen LogP contribution in [0.15, 0.2) is 48.7 Å². The Labute approximate surface area is 311 Å². The third kappa shape index (κ3) is 12.9. The first kappa shape index (κ1) is 45.2. The maximum absolute atomic E-state index is 4.67. The summed E-state index contributed by atoms with van der Waals surface area (Å²) in [6.45, 7) is 32.3. The summed E-state index contributed by atoms with van der Waals surface area (Å²) < 4.78 is 0. The Bertz CT molecular complexity index is 1180. The van der Waals surface area contributed by atoms with Crippen molar-refractivity contribution in [2.45, 2.75) is 125 Å². The van der Waals surface area contributed by atoms with Crippen molar-refractivity contribution in [1.82, 2.24) is 9.88 Å². The molecule has 0 amide bonds. The SMILES string of the molecule is CC(C)c1cc(C(C)C)c(NCCN(CCNc2c(C(C)C)cc(C(C)C)cc2C(C)C)Cc2ccccn2)c(C(C)C)c1.[Cl-].[Cl-].[Co+2]. The first-order valence-corrected chi connectivity index (χ1v) is 17.2. The summed E-state index contributed by atoms with van der Waals surface area (Å²) in [6, 6.07) is 16.0. The van der Waals surface area contributed by atoms with Gasteiger partial charge in [0.25, 0.3) is 0 Å². The van der Waals surface area contributed by atoms with E-state index < -0.39 is 0 Å². The second-order valence-electron chi connectivity index (χ2n) is 14.5. The van der Waals surface area contributed by atoms with Crippen molar-refractivity contribution in [2.75, 3.05) is 36.8 Å². The van der Waals surface area contributed by atoms with E-state index in [-0.39, 0.29) is 41.6 Å². The molecule has 0 saturated heterocycles. The fourth-order valence-electron chi connectivity index (χ4n) is 5.99. The Hall–Kier alpha value is -1.76. The van der Waals surface area contributed by atoms with Gasteiger partial charge >= 0.3 is 16.8 Å². The molecule has 0 aliphatic carbocycles. The van der Waals surface area contributed by atoms with Crippen molar-refractivity contribution in [3.63, 3.8) is 0 Å². The number of nitrogens with one attached hydrogen (secondary N) is 2. The van der Waals surface area contributed by atoms with Gasteiger partial charge in [0.2, 0.25) is 0 Å². The molecule has 0 saturated carbocycles. The zero-order chi connectivity index (χ0) is 32.6. The van der Waals surface area contributed by atoms with Crippen molar-refractivity contribution in [3.05, 3.63) is 87.7 Å². The van der Waals surface area contributed by atoms with E-state index >= 15 is 0 Å². The van der Waals surface area contributed by atoms with Gasteiger partial charge in [-0.15, -0.1) is 0 Å². The fourth-order valence-corrected chi connectivity index (χ4v) is 5.99. The van der Waals surface area contributed by atoms with Crippen LogP contribution < -0.4 is 35.4 Å². The van der Waals surface area contributed by atoms with Gasteiger partial charge in [-0.25, -0.2) is 0 Å². The van der Waals surface area contributed by atoms with Gasteiger partial charge < -0.3 is 35.4 Å². The quantitative estimate of drug-likeness (QED) is 0.222. The van der Waals surface area contributed by atoms with Crippen LogP contribution in [0.2, 0.25) is 0 Å². The largest absolute Gasteiger partial charge is 2.00 e. The molecule has 4 nitrogen and oxygen atoms in total. The van der Waals surface area contributed by atoms with Crippen LogP contribution >= 0.6 is 0 Å².